The molecule has 2 amide bonds. The molecule has 0 spiro atoms. The van der Waals surface area contributed by atoms with Crippen LogP contribution in [0.5, 0.6) is 0 Å². The van der Waals surface area contributed by atoms with Crippen molar-refractivity contribution in [3.05, 3.63) is 0 Å². The van der Waals surface area contributed by atoms with Crippen molar-refractivity contribution in [1.29, 1.82) is 0 Å². The minimum Gasteiger partial charge on any atom is -0.481 e. The van der Waals surface area contributed by atoms with Gasteiger partial charge in [-0.25, -0.2) is 0 Å². The van der Waals surface area contributed by atoms with Gasteiger partial charge in [0.15, 0.2) is 0 Å². The third kappa shape index (κ3) is 5.36. The molecule has 1 fully saturated rings. The number of nitrogens with zero attached hydrogens (tertiary/aromatic N) is 1. The lowest BCUT2D eigenvalue weighted by Gasteiger charge is -2.34. The first-order chi connectivity index (χ1) is 9.74. The second-order valence-corrected chi connectivity index (χ2v) is 6.32. The highest BCUT2D eigenvalue weighted by molar-refractivity contribution is 5.85. The minimum atomic E-state index is -0.947. The summed E-state index contributed by atoms with van der Waals surface area (Å²) in [7, 11) is 0. The molecule has 2 N–H and O–H groups in total. The SMILES string of the molecule is CC(C)C(C)(CC(=O)O)NC(=O)CN1CCCCCC1=O. The summed E-state index contributed by atoms with van der Waals surface area (Å²) in [5.74, 6) is -1.25. The average molecular weight is 298 g/mol. The highest BCUT2D eigenvalue weighted by atomic mass is 16.4. The van der Waals surface area contributed by atoms with Gasteiger partial charge in [0.2, 0.25) is 11.8 Å². The zero-order valence-electron chi connectivity index (χ0n) is 13.1. The molecule has 6 heteroatoms. The van der Waals surface area contributed by atoms with Crippen LogP contribution in [-0.2, 0) is 14.4 Å². The molecule has 0 saturated carbocycles. The van der Waals surface area contributed by atoms with E-state index in [1.807, 2.05) is 13.8 Å². The second kappa shape index (κ2) is 7.43. The van der Waals surface area contributed by atoms with Crippen molar-refractivity contribution in [3.8, 4) is 0 Å². The summed E-state index contributed by atoms with van der Waals surface area (Å²) in [4.78, 5) is 36.6. The minimum absolute atomic E-state index is 0.00661. The molecule has 1 aliphatic rings. The molecule has 21 heavy (non-hydrogen) atoms. The van der Waals surface area contributed by atoms with E-state index in [0.717, 1.165) is 19.3 Å². The summed E-state index contributed by atoms with van der Waals surface area (Å²) in [5, 5.41) is 11.8. The van der Waals surface area contributed by atoms with Gasteiger partial charge in [-0.15, -0.1) is 0 Å². The molecule has 1 rings (SSSR count). The third-order valence-corrected chi connectivity index (χ3v) is 4.22. The third-order valence-electron chi connectivity index (χ3n) is 4.22. The van der Waals surface area contributed by atoms with Gasteiger partial charge < -0.3 is 15.3 Å². The Labute approximate surface area is 125 Å². The van der Waals surface area contributed by atoms with E-state index in [2.05, 4.69) is 5.32 Å². The Morgan fingerprint density at radius 1 is 1.33 bits per heavy atom. The Balaban J connectivity index is 2.65. The summed E-state index contributed by atoms with van der Waals surface area (Å²) >= 11 is 0. The summed E-state index contributed by atoms with van der Waals surface area (Å²) in [6.45, 7) is 6.10. The topological polar surface area (TPSA) is 86.7 Å². The number of amides is 2. The molecule has 1 aliphatic heterocycles. The Morgan fingerprint density at radius 2 is 2.00 bits per heavy atom. The normalized spacial score (nSPS) is 19.0. The van der Waals surface area contributed by atoms with Gasteiger partial charge in [0.05, 0.1) is 18.5 Å². The molecule has 0 aromatic rings. The standard InChI is InChI=1S/C15H26N2O4/c1-11(2)15(3,9-14(20)21)16-12(18)10-17-8-6-4-5-7-13(17)19/h11H,4-10H2,1-3H3,(H,16,18)(H,20,21). The van der Waals surface area contributed by atoms with Gasteiger partial charge in [-0.3, -0.25) is 14.4 Å². The fourth-order valence-electron chi connectivity index (χ4n) is 2.44. The predicted molar refractivity (Wildman–Crippen MR) is 78.7 cm³/mol. The van der Waals surface area contributed by atoms with Crippen LogP contribution in [0.15, 0.2) is 0 Å². The van der Waals surface area contributed by atoms with Crippen molar-refractivity contribution < 1.29 is 19.5 Å². The summed E-state index contributed by atoms with van der Waals surface area (Å²) < 4.78 is 0. The van der Waals surface area contributed by atoms with Gasteiger partial charge in [-0.2, -0.15) is 0 Å². The number of hydrogen-bond acceptors (Lipinski definition) is 3. The number of carboxylic acid groups (broad SMARTS) is 1. The van der Waals surface area contributed by atoms with E-state index in [4.69, 9.17) is 5.11 Å². The maximum absolute atomic E-state index is 12.2. The molecule has 0 aromatic carbocycles. The van der Waals surface area contributed by atoms with E-state index in [1.54, 1.807) is 11.8 Å². The molecule has 1 heterocycles. The lowest BCUT2D eigenvalue weighted by atomic mass is 9.85. The molecule has 0 aliphatic carbocycles. The molecule has 0 aromatic heterocycles. The fourth-order valence-corrected chi connectivity index (χ4v) is 2.44. The lowest BCUT2D eigenvalue weighted by Crippen LogP contribution is -2.54. The monoisotopic (exact) mass is 298 g/mol. The van der Waals surface area contributed by atoms with E-state index in [9.17, 15) is 14.4 Å². The number of carboxylic acids is 1. The van der Waals surface area contributed by atoms with Crippen LogP contribution in [0.3, 0.4) is 0 Å². The van der Waals surface area contributed by atoms with Crippen molar-refractivity contribution in [2.75, 3.05) is 13.1 Å². The van der Waals surface area contributed by atoms with Crippen molar-refractivity contribution in [2.24, 2.45) is 5.92 Å². The van der Waals surface area contributed by atoms with Crippen LogP contribution in [-0.4, -0.2) is 46.4 Å². The van der Waals surface area contributed by atoms with Gasteiger partial charge in [-0.1, -0.05) is 20.3 Å². The van der Waals surface area contributed by atoms with Gasteiger partial charge in [0, 0.05) is 13.0 Å². The molecule has 1 saturated heterocycles. The maximum atomic E-state index is 12.2. The smallest absolute Gasteiger partial charge is 0.305 e. The van der Waals surface area contributed by atoms with Crippen LogP contribution in [0.25, 0.3) is 0 Å². The lowest BCUT2D eigenvalue weighted by molar-refractivity contribution is -0.141. The van der Waals surface area contributed by atoms with Crippen LogP contribution >= 0.6 is 0 Å². The van der Waals surface area contributed by atoms with E-state index in [0.29, 0.717) is 13.0 Å². The van der Waals surface area contributed by atoms with E-state index in [1.165, 1.54) is 0 Å². The van der Waals surface area contributed by atoms with Gasteiger partial charge in [0.1, 0.15) is 0 Å². The average Bonchev–Trinajstić information content (AvgIpc) is 2.53. The zero-order valence-corrected chi connectivity index (χ0v) is 13.1. The van der Waals surface area contributed by atoms with Crippen molar-refractivity contribution in [1.82, 2.24) is 10.2 Å². The van der Waals surface area contributed by atoms with Crippen LogP contribution in [0.1, 0.15) is 52.9 Å². The Hall–Kier alpha value is -1.59. The Morgan fingerprint density at radius 3 is 2.57 bits per heavy atom. The first kappa shape index (κ1) is 17.5. The quantitative estimate of drug-likeness (QED) is 0.776. The Bertz CT molecular complexity index is 408. The molecule has 6 nitrogen and oxygen atoms in total. The highest BCUT2D eigenvalue weighted by Gasteiger charge is 2.33. The van der Waals surface area contributed by atoms with Crippen molar-refractivity contribution >= 4 is 17.8 Å². The number of hydrogen-bond donors (Lipinski definition) is 2. The maximum Gasteiger partial charge on any atom is 0.305 e. The first-order valence-corrected chi connectivity index (χ1v) is 7.55. The molecule has 0 bridgehead atoms. The first-order valence-electron chi connectivity index (χ1n) is 7.55. The van der Waals surface area contributed by atoms with Gasteiger partial charge >= 0.3 is 5.97 Å². The second-order valence-electron chi connectivity index (χ2n) is 6.32. The zero-order chi connectivity index (χ0) is 16.0. The molecular formula is C15H26N2O4. The molecule has 1 atom stereocenters. The molecule has 1 unspecified atom stereocenters. The highest BCUT2D eigenvalue weighted by Crippen LogP contribution is 2.21. The van der Waals surface area contributed by atoms with Crippen molar-refractivity contribution in [3.63, 3.8) is 0 Å². The van der Waals surface area contributed by atoms with Crippen LogP contribution < -0.4 is 5.32 Å². The van der Waals surface area contributed by atoms with Crippen LogP contribution in [0, 0.1) is 5.92 Å². The fraction of sp³-hybridized carbons (Fsp3) is 0.800. The van der Waals surface area contributed by atoms with E-state index in [-0.39, 0.29) is 30.7 Å². The number of carbonyl (C=O) groups excluding carboxylic acids is 2. The summed E-state index contributed by atoms with van der Waals surface area (Å²) in [6.07, 6.45) is 3.15. The summed E-state index contributed by atoms with van der Waals surface area (Å²) in [5.41, 5.74) is -0.808. The number of likely N-dealkylation sites (tertiary alicyclic amines) is 1. The molecular weight excluding hydrogens is 272 g/mol. The van der Waals surface area contributed by atoms with Crippen LogP contribution in [0.2, 0.25) is 0 Å². The largest absolute Gasteiger partial charge is 0.481 e. The van der Waals surface area contributed by atoms with Gasteiger partial charge in [-0.05, 0) is 25.7 Å². The number of aliphatic carboxylic acids is 1. The van der Waals surface area contributed by atoms with Crippen molar-refractivity contribution in [2.45, 2.75) is 58.4 Å². The molecule has 120 valence electrons. The number of carbonyl (C=O) groups is 3. The number of rotatable bonds is 6. The van der Waals surface area contributed by atoms with Crippen LogP contribution in [0.4, 0.5) is 0 Å². The summed E-state index contributed by atoms with van der Waals surface area (Å²) in [6, 6.07) is 0. The predicted octanol–water partition coefficient (Wildman–Crippen LogP) is 1.39. The number of nitrogens with one attached hydrogen (secondary N) is 1. The molecule has 0 radical (unpaired) electrons. The van der Waals surface area contributed by atoms with Gasteiger partial charge in [0.25, 0.3) is 0 Å². The Kier molecular flexibility index (Phi) is 6.18. The van der Waals surface area contributed by atoms with E-state index < -0.39 is 11.5 Å². The van der Waals surface area contributed by atoms with E-state index >= 15 is 0 Å².